The molecule has 1 aromatic heterocycles. The molecular weight excluding hydrogens is 390 g/mol. The van der Waals surface area contributed by atoms with Crippen LogP contribution in [-0.2, 0) is 0 Å². The molecule has 3 rings (SSSR count). The van der Waals surface area contributed by atoms with Crippen LogP contribution in [0.3, 0.4) is 0 Å². The molecule has 0 saturated carbocycles. The standard InChI is InChI=1S/C21H30ClN5O2/c1-6-8-10-26(7-2)20-18-21(25-14(3)24-20)27(11-9-23-18)19-16(22)12-15(28-4)13-17(19)29-5/h12-13,23H,6-11H2,1-5H3. The van der Waals surface area contributed by atoms with Crippen LogP contribution in [0.2, 0.25) is 5.02 Å². The molecular formula is C21H30ClN5O2. The monoisotopic (exact) mass is 419 g/mol. The minimum atomic E-state index is 0.560. The van der Waals surface area contributed by atoms with Crippen LogP contribution in [0.4, 0.5) is 23.0 Å². The zero-order valence-corrected chi connectivity index (χ0v) is 18.6. The summed E-state index contributed by atoms with van der Waals surface area (Å²) in [5.74, 6) is 3.79. The number of methoxy groups -OCH3 is 2. The normalized spacial score (nSPS) is 13.0. The summed E-state index contributed by atoms with van der Waals surface area (Å²) in [7, 11) is 3.25. The number of nitrogens with one attached hydrogen (secondary N) is 1. The van der Waals surface area contributed by atoms with Crippen LogP contribution in [0.15, 0.2) is 12.1 Å². The molecule has 0 atom stereocenters. The highest BCUT2D eigenvalue weighted by atomic mass is 35.5. The Morgan fingerprint density at radius 1 is 1.21 bits per heavy atom. The van der Waals surface area contributed by atoms with Crippen LogP contribution in [0.1, 0.15) is 32.5 Å². The van der Waals surface area contributed by atoms with Gasteiger partial charge in [0.05, 0.1) is 19.2 Å². The number of hydrogen-bond donors (Lipinski definition) is 1. The first-order valence-electron chi connectivity index (χ1n) is 10.1. The molecule has 0 amide bonds. The van der Waals surface area contributed by atoms with Gasteiger partial charge in [-0.15, -0.1) is 0 Å². The molecule has 158 valence electrons. The summed E-state index contributed by atoms with van der Waals surface area (Å²) in [5.41, 5.74) is 1.73. The van der Waals surface area contributed by atoms with Crippen molar-refractivity contribution in [2.24, 2.45) is 0 Å². The Hall–Kier alpha value is -2.41. The van der Waals surface area contributed by atoms with Crippen molar-refractivity contribution in [3.8, 4) is 11.5 Å². The third kappa shape index (κ3) is 4.29. The molecule has 29 heavy (non-hydrogen) atoms. The second kappa shape index (κ2) is 9.39. The van der Waals surface area contributed by atoms with E-state index >= 15 is 0 Å². The molecule has 0 spiro atoms. The van der Waals surface area contributed by atoms with Crippen molar-refractivity contribution in [3.05, 3.63) is 23.0 Å². The Morgan fingerprint density at radius 2 is 2.00 bits per heavy atom. The first-order chi connectivity index (χ1) is 14.0. The lowest BCUT2D eigenvalue weighted by Gasteiger charge is -2.35. The lowest BCUT2D eigenvalue weighted by molar-refractivity contribution is 0.394. The number of aryl methyl sites for hydroxylation is 1. The molecule has 2 heterocycles. The Labute approximate surface area is 178 Å². The summed E-state index contributed by atoms with van der Waals surface area (Å²) in [6.07, 6.45) is 2.26. The van der Waals surface area contributed by atoms with Crippen molar-refractivity contribution >= 4 is 34.6 Å². The fourth-order valence-corrected chi connectivity index (χ4v) is 3.89. The fourth-order valence-electron chi connectivity index (χ4n) is 3.59. The van der Waals surface area contributed by atoms with E-state index in [2.05, 4.69) is 29.0 Å². The van der Waals surface area contributed by atoms with Gasteiger partial charge in [-0.25, -0.2) is 9.97 Å². The molecule has 1 N–H and O–H groups in total. The van der Waals surface area contributed by atoms with Crippen LogP contribution in [-0.4, -0.2) is 50.4 Å². The van der Waals surface area contributed by atoms with Crippen LogP contribution in [0, 0.1) is 6.92 Å². The maximum absolute atomic E-state index is 6.65. The minimum Gasteiger partial charge on any atom is -0.497 e. The van der Waals surface area contributed by atoms with E-state index in [9.17, 15) is 0 Å². The highest BCUT2D eigenvalue weighted by molar-refractivity contribution is 6.34. The van der Waals surface area contributed by atoms with E-state index in [-0.39, 0.29) is 0 Å². The number of rotatable bonds is 8. The molecule has 1 aromatic carbocycles. The van der Waals surface area contributed by atoms with E-state index in [0.29, 0.717) is 23.1 Å². The number of ether oxygens (including phenoxy) is 2. The van der Waals surface area contributed by atoms with E-state index in [4.69, 9.17) is 31.0 Å². The predicted molar refractivity (Wildman–Crippen MR) is 120 cm³/mol. The number of unbranched alkanes of at least 4 members (excludes halogenated alkanes) is 1. The summed E-state index contributed by atoms with van der Waals surface area (Å²) < 4.78 is 11.0. The Bertz CT molecular complexity index is 861. The van der Waals surface area contributed by atoms with Gasteiger partial charge < -0.3 is 24.6 Å². The maximum Gasteiger partial charge on any atom is 0.162 e. The zero-order chi connectivity index (χ0) is 21.0. The molecule has 0 radical (unpaired) electrons. The van der Waals surface area contributed by atoms with Gasteiger partial charge in [-0.05, 0) is 20.3 Å². The van der Waals surface area contributed by atoms with E-state index < -0.39 is 0 Å². The quantitative estimate of drug-likeness (QED) is 0.668. The molecule has 0 saturated heterocycles. The number of halogens is 1. The van der Waals surface area contributed by atoms with Gasteiger partial charge >= 0.3 is 0 Å². The van der Waals surface area contributed by atoms with Crippen molar-refractivity contribution < 1.29 is 9.47 Å². The molecule has 0 fully saturated rings. The van der Waals surface area contributed by atoms with Gasteiger partial charge in [-0.1, -0.05) is 24.9 Å². The number of nitrogens with zero attached hydrogens (tertiary/aromatic N) is 4. The minimum absolute atomic E-state index is 0.560. The third-order valence-corrected chi connectivity index (χ3v) is 5.35. The number of hydrogen-bond acceptors (Lipinski definition) is 7. The fraction of sp³-hybridized carbons (Fsp3) is 0.524. The lowest BCUT2D eigenvalue weighted by atomic mass is 10.2. The summed E-state index contributed by atoms with van der Waals surface area (Å²) in [4.78, 5) is 14.0. The summed E-state index contributed by atoms with van der Waals surface area (Å²) >= 11 is 6.65. The van der Waals surface area contributed by atoms with E-state index in [0.717, 1.165) is 61.3 Å². The van der Waals surface area contributed by atoms with Gasteiger partial charge in [0.2, 0.25) is 0 Å². The van der Waals surface area contributed by atoms with Crippen LogP contribution < -0.4 is 24.6 Å². The highest BCUT2D eigenvalue weighted by Gasteiger charge is 2.29. The number of fused-ring (bicyclic) bond motifs is 1. The maximum atomic E-state index is 6.65. The van der Waals surface area contributed by atoms with Crippen LogP contribution in [0.5, 0.6) is 11.5 Å². The summed E-state index contributed by atoms with van der Waals surface area (Å²) in [6.45, 7) is 9.60. The molecule has 1 aliphatic rings. The van der Waals surface area contributed by atoms with Gasteiger partial charge in [0.25, 0.3) is 0 Å². The zero-order valence-electron chi connectivity index (χ0n) is 17.9. The Morgan fingerprint density at radius 3 is 2.66 bits per heavy atom. The number of anilines is 4. The first kappa shape index (κ1) is 21.3. The second-order valence-corrected chi connectivity index (χ2v) is 7.37. The van der Waals surface area contributed by atoms with Crippen LogP contribution >= 0.6 is 11.6 Å². The van der Waals surface area contributed by atoms with Crippen molar-refractivity contribution in [1.29, 1.82) is 0 Å². The van der Waals surface area contributed by atoms with Crippen molar-refractivity contribution in [1.82, 2.24) is 9.97 Å². The lowest BCUT2D eigenvalue weighted by Crippen LogP contribution is -2.34. The van der Waals surface area contributed by atoms with Gasteiger partial charge in [0, 0.05) is 38.3 Å². The number of benzene rings is 1. The van der Waals surface area contributed by atoms with Gasteiger partial charge in [-0.2, -0.15) is 0 Å². The summed E-state index contributed by atoms with van der Waals surface area (Å²) in [5, 5.41) is 4.07. The van der Waals surface area contributed by atoms with E-state index in [1.807, 2.05) is 13.0 Å². The highest BCUT2D eigenvalue weighted by Crippen LogP contribution is 2.46. The van der Waals surface area contributed by atoms with Gasteiger partial charge in [-0.3, -0.25) is 0 Å². The predicted octanol–water partition coefficient (Wildman–Crippen LogP) is 4.65. The van der Waals surface area contributed by atoms with Crippen LogP contribution in [0.25, 0.3) is 0 Å². The van der Waals surface area contributed by atoms with Gasteiger partial charge in [0.15, 0.2) is 11.6 Å². The Kier molecular flexibility index (Phi) is 6.90. The Balaban J connectivity index is 2.13. The smallest absolute Gasteiger partial charge is 0.162 e. The second-order valence-electron chi connectivity index (χ2n) is 6.96. The molecule has 7 nitrogen and oxygen atoms in total. The van der Waals surface area contributed by atoms with Crippen molar-refractivity contribution in [2.45, 2.75) is 33.6 Å². The summed E-state index contributed by atoms with van der Waals surface area (Å²) in [6, 6.07) is 3.65. The van der Waals surface area contributed by atoms with E-state index in [1.54, 1.807) is 20.3 Å². The van der Waals surface area contributed by atoms with E-state index in [1.165, 1.54) is 0 Å². The molecule has 0 unspecified atom stereocenters. The molecule has 0 bridgehead atoms. The average Bonchev–Trinajstić information content (AvgIpc) is 2.73. The topological polar surface area (TPSA) is 62.8 Å². The molecule has 1 aliphatic heterocycles. The van der Waals surface area contributed by atoms with Crippen molar-refractivity contribution in [3.63, 3.8) is 0 Å². The largest absolute Gasteiger partial charge is 0.497 e. The SMILES string of the molecule is CCCCN(CC)c1nc(C)nc2c1NCCN2c1c(Cl)cc(OC)cc1OC. The average molecular weight is 420 g/mol. The van der Waals surface area contributed by atoms with Gasteiger partial charge in [0.1, 0.15) is 28.7 Å². The van der Waals surface area contributed by atoms with Crippen molar-refractivity contribution in [2.75, 3.05) is 55.5 Å². The molecule has 0 aliphatic carbocycles. The molecule has 8 heteroatoms. The number of aromatic nitrogens is 2. The first-order valence-corrected chi connectivity index (χ1v) is 10.5. The third-order valence-electron chi connectivity index (χ3n) is 5.07. The molecule has 2 aromatic rings.